The maximum Gasteiger partial charge on any atom is 0.419 e. The Morgan fingerprint density at radius 2 is 2.06 bits per heavy atom. The average molecular weight is 465 g/mol. The molecule has 0 aliphatic carbocycles. The molecule has 34 heavy (non-hydrogen) atoms. The summed E-state index contributed by atoms with van der Waals surface area (Å²) in [5.74, 6) is -0.754. The molecule has 2 aromatic carbocycles. The van der Waals surface area contributed by atoms with Crippen LogP contribution in [0.1, 0.15) is 18.9 Å². The van der Waals surface area contributed by atoms with E-state index >= 15 is 0 Å². The van der Waals surface area contributed by atoms with E-state index in [1.807, 2.05) is 36.4 Å². The van der Waals surface area contributed by atoms with E-state index in [1.54, 1.807) is 20.0 Å². The topological polar surface area (TPSA) is 130 Å². The Morgan fingerprint density at radius 1 is 1.32 bits per heavy atom. The lowest BCUT2D eigenvalue weighted by atomic mass is 10.0. The number of nitrogens with one attached hydrogen (secondary N) is 2. The van der Waals surface area contributed by atoms with Crippen LogP contribution in [-0.4, -0.2) is 53.0 Å². The van der Waals surface area contributed by atoms with Crippen molar-refractivity contribution in [1.29, 1.82) is 5.26 Å². The molecule has 1 saturated heterocycles. The van der Waals surface area contributed by atoms with E-state index < -0.39 is 23.5 Å². The van der Waals surface area contributed by atoms with E-state index in [4.69, 9.17) is 9.15 Å². The van der Waals surface area contributed by atoms with Crippen molar-refractivity contribution >= 4 is 17.0 Å². The molecule has 9 heteroatoms. The maximum absolute atomic E-state index is 12.6. The molecule has 1 aliphatic rings. The van der Waals surface area contributed by atoms with Gasteiger partial charge in [-0.15, -0.1) is 0 Å². The number of benzene rings is 2. The summed E-state index contributed by atoms with van der Waals surface area (Å²) in [6, 6.07) is 14.7. The predicted octanol–water partition coefficient (Wildman–Crippen LogP) is 1.48. The van der Waals surface area contributed by atoms with Crippen LogP contribution in [0.3, 0.4) is 0 Å². The number of aromatic nitrogens is 1. The molecule has 0 spiro atoms. The van der Waals surface area contributed by atoms with E-state index in [-0.39, 0.29) is 19.1 Å². The molecule has 9 nitrogen and oxygen atoms in total. The molecular formula is C25H28N4O5. The first-order chi connectivity index (χ1) is 16.3. The van der Waals surface area contributed by atoms with Crippen LogP contribution >= 0.6 is 0 Å². The second-order valence-corrected chi connectivity index (χ2v) is 8.94. The Bertz CT molecular complexity index is 1260. The van der Waals surface area contributed by atoms with Gasteiger partial charge in [0, 0.05) is 33.0 Å². The summed E-state index contributed by atoms with van der Waals surface area (Å²) in [5.41, 5.74) is 3.18. The summed E-state index contributed by atoms with van der Waals surface area (Å²) in [6.45, 7) is 2.63. The molecule has 1 fully saturated rings. The van der Waals surface area contributed by atoms with Crippen molar-refractivity contribution in [2.24, 2.45) is 7.05 Å². The van der Waals surface area contributed by atoms with Crippen molar-refractivity contribution in [3.8, 4) is 17.2 Å². The summed E-state index contributed by atoms with van der Waals surface area (Å²) in [6.07, 6.45) is 0.0528. The van der Waals surface area contributed by atoms with Gasteiger partial charge in [0.1, 0.15) is 12.1 Å². The molecule has 0 radical (unpaired) electrons. The molecule has 1 amide bonds. The third-order valence-electron chi connectivity index (χ3n) is 6.08. The molecule has 178 valence electrons. The molecule has 1 aliphatic heterocycles. The quantitative estimate of drug-likeness (QED) is 0.521. The normalized spacial score (nSPS) is 21.9. The van der Waals surface area contributed by atoms with Crippen molar-refractivity contribution in [1.82, 2.24) is 15.2 Å². The van der Waals surface area contributed by atoms with Gasteiger partial charge in [-0.1, -0.05) is 30.3 Å². The van der Waals surface area contributed by atoms with Gasteiger partial charge in [0.2, 0.25) is 0 Å². The minimum Gasteiger partial charge on any atom is -0.408 e. The Labute approximate surface area is 196 Å². The highest BCUT2D eigenvalue weighted by molar-refractivity contribution is 5.82. The fourth-order valence-electron chi connectivity index (χ4n) is 3.98. The van der Waals surface area contributed by atoms with Gasteiger partial charge in [0.05, 0.1) is 23.8 Å². The fourth-order valence-corrected chi connectivity index (χ4v) is 3.98. The smallest absolute Gasteiger partial charge is 0.408 e. The lowest BCUT2D eigenvalue weighted by Gasteiger charge is -2.29. The number of aryl methyl sites for hydroxylation is 1. The van der Waals surface area contributed by atoms with Crippen LogP contribution in [0.25, 0.3) is 22.2 Å². The number of hydrogen-bond acceptors (Lipinski definition) is 7. The van der Waals surface area contributed by atoms with Gasteiger partial charge < -0.3 is 24.9 Å². The third-order valence-corrected chi connectivity index (χ3v) is 6.08. The zero-order valence-corrected chi connectivity index (χ0v) is 19.2. The molecule has 2 heterocycles. The van der Waals surface area contributed by atoms with Crippen LogP contribution in [0.4, 0.5) is 0 Å². The molecule has 3 N–H and O–H groups in total. The minimum absolute atomic E-state index is 0.265. The fraction of sp³-hybridized carbons (Fsp3) is 0.400. The van der Waals surface area contributed by atoms with Gasteiger partial charge in [-0.05, 0) is 35.7 Å². The molecule has 0 bridgehead atoms. The van der Waals surface area contributed by atoms with Gasteiger partial charge in [0.25, 0.3) is 5.91 Å². The number of oxazole rings is 1. The number of hydrogen-bond donors (Lipinski definition) is 3. The van der Waals surface area contributed by atoms with E-state index in [2.05, 4.69) is 16.7 Å². The van der Waals surface area contributed by atoms with Gasteiger partial charge in [-0.25, -0.2) is 4.79 Å². The number of rotatable bonds is 5. The molecular weight excluding hydrogens is 436 g/mol. The van der Waals surface area contributed by atoms with Crippen molar-refractivity contribution < 1.29 is 19.1 Å². The van der Waals surface area contributed by atoms with E-state index in [9.17, 15) is 20.0 Å². The molecule has 4 rings (SSSR count). The van der Waals surface area contributed by atoms with E-state index in [0.717, 1.165) is 16.7 Å². The largest absolute Gasteiger partial charge is 0.419 e. The summed E-state index contributed by atoms with van der Waals surface area (Å²) >= 11 is 0. The number of amides is 1. The summed E-state index contributed by atoms with van der Waals surface area (Å²) in [5, 5.41) is 25.5. The van der Waals surface area contributed by atoms with Gasteiger partial charge in [0.15, 0.2) is 5.58 Å². The number of carbonyl (C=O) groups is 1. The van der Waals surface area contributed by atoms with E-state index in [1.165, 1.54) is 4.57 Å². The second kappa shape index (κ2) is 9.81. The Hall–Kier alpha value is -3.45. The van der Waals surface area contributed by atoms with Gasteiger partial charge in [-0.3, -0.25) is 9.36 Å². The number of ether oxygens (including phenoxy) is 1. The highest BCUT2D eigenvalue weighted by Gasteiger charge is 2.28. The molecule has 1 aromatic heterocycles. The van der Waals surface area contributed by atoms with E-state index in [0.29, 0.717) is 30.5 Å². The van der Waals surface area contributed by atoms with Crippen molar-refractivity contribution in [3.63, 3.8) is 0 Å². The average Bonchev–Trinajstić information content (AvgIpc) is 3.09. The highest BCUT2D eigenvalue weighted by atomic mass is 16.5. The number of carbonyl (C=O) groups excluding carboxylic acids is 1. The summed E-state index contributed by atoms with van der Waals surface area (Å²) in [7, 11) is 1.67. The predicted molar refractivity (Wildman–Crippen MR) is 126 cm³/mol. The summed E-state index contributed by atoms with van der Waals surface area (Å²) in [4.78, 5) is 24.4. The zero-order chi connectivity index (χ0) is 24.3. The lowest BCUT2D eigenvalue weighted by Crippen LogP contribution is -2.51. The van der Waals surface area contributed by atoms with Crippen LogP contribution in [0.5, 0.6) is 0 Å². The minimum atomic E-state index is -0.871. The number of nitriles is 1. The zero-order valence-electron chi connectivity index (χ0n) is 19.2. The van der Waals surface area contributed by atoms with Gasteiger partial charge >= 0.3 is 5.76 Å². The first-order valence-electron chi connectivity index (χ1n) is 11.2. The highest BCUT2D eigenvalue weighted by Crippen LogP contribution is 2.24. The molecule has 3 unspecified atom stereocenters. The monoisotopic (exact) mass is 464 g/mol. The Kier molecular flexibility index (Phi) is 6.84. The molecule has 0 saturated carbocycles. The number of β-amino-alcohol motifs (C(OH)–C–C–N with tert-alkyl or cyclic N) is 1. The van der Waals surface area contributed by atoms with Crippen LogP contribution in [-0.2, 0) is 23.0 Å². The third kappa shape index (κ3) is 5.37. The number of nitrogens with zero attached hydrogens (tertiary/aromatic N) is 2. The van der Waals surface area contributed by atoms with Crippen molar-refractivity contribution in [2.45, 2.75) is 37.5 Å². The first kappa shape index (κ1) is 23.7. The molecule has 3 atom stereocenters. The van der Waals surface area contributed by atoms with Crippen molar-refractivity contribution in [2.75, 3.05) is 19.7 Å². The summed E-state index contributed by atoms with van der Waals surface area (Å²) < 4.78 is 12.3. The second-order valence-electron chi connectivity index (χ2n) is 8.94. The van der Waals surface area contributed by atoms with Crippen LogP contribution < -0.4 is 16.4 Å². The van der Waals surface area contributed by atoms with Crippen molar-refractivity contribution in [3.05, 3.63) is 58.6 Å². The lowest BCUT2D eigenvalue weighted by molar-refractivity contribution is -0.135. The first-order valence-corrected chi connectivity index (χ1v) is 11.2. The number of fused-ring (bicyclic) bond motifs is 1. The Morgan fingerprint density at radius 3 is 2.79 bits per heavy atom. The maximum atomic E-state index is 12.6. The standard InChI is InChI=1S/C25H28N4O5/c1-25(32)9-10-33-22(14-27-15-25)23(30)28-19(13-26)11-16-3-5-17(6-4-16)18-7-8-21-20(12-18)29(2)24(31)34-21/h3-8,12,19,22,27,32H,9-11,14-15H2,1-2H3,(H,28,30). The van der Waals surface area contributed by atoms with Crippen LogP contribution in [0.15, 0.2) is 51.7 Å². The van der Waals surface area contributed by atoms with Crippen LogP contribution in [0, 0.1) is 11.3 Å². The van der Waals surface area contributed by atoms with Crippen LogP contribution in [0.2, 0.25) is 0 Å². The SMILES string of the molecule is Cn1c(=O)oc2ccc(-c3ccc(CC(C#N)NC(=O)C4CNCC(C)(O)CCO4)cc3)cc21. The molecule has 3 aromatic rings. The number of aliphatic hydroxyl groups is 1. The Balaban J connectivity index is 1.39. The van der Waals surface area contributed by atoms with Gasteiger partial charge in [-0.2, -0.15) is 5.26 Å².